The van der Waals surface area contributed by atoms with E-state index in [0.29, 0.717) is 12.5 Å². The lowest BCUT2D eigenvalue weighted by molar-refractivity contribution is -0.134. The Hall–Kier alpha value is -1.55. The number of piperidine rings is 1. The first-order chi connectivity index (χ1) is 8.70. The van der Waals surface area contributed by atoms with Crippen LogP contribution in [0.2, 0.25) is 0 Å². The molecule has 0 radical (unpaired) electrons. The van der Waals surface area contributed by atoms with Gasteiger partial charge in [0.2, 0.25) is 5.91 Å². The summed E-state index contributed by atoms with van der Waals surface area (Å²) in [4.78, 5) is 13.4. The van der Waals surface area contributed by atoms with E-state index in [1.165, 1.54) is 11.3 Å². The predicted octanol–water partition coefficient (Wildman–Crippen LogP) is 1.18. The van der Waals surface area contributed by atoms with Gasteiger partial charge in [-0.25, -0.2) is 0 Å². The second kappa shape index (κ2) is 4.28. The van der Waals surface area contributed by atoms with Crippen LogP contribution in [0.5, 0.6) is 0 Å². The van der Waals surface area contributed by atoms with Gasteiger partial charge in [-0.2, -0.15) is 0 Å². The van der Waals surface area contributed by atoms with E-state index in [2.05, 4.69) is 17.4 Å². The Bertz CT molecular complexity index is 475. The number of rotatable bonds is 1. The lowest BCUT2D eigenvalue weighted by atomic mass is 9.84. The van der Waals surface area contributed by atoms with Crippen LogP contribution in [-0.2, 0) is 4.79 Å². The summed E-state index contributed by atoms with van der Waals surface area (Å²) >= 11 is 0. The Morgan fingerprint density at radius 1 is 1.50 bits per heavy atom. The fourth-order valence-corrected chi connectivity index (χ4v) is 3.27. The zero-order valence-corrected chi connectivity index (χ0v) is 10.5. The molecule has 3 unspecified atom stereocenters. The first-order valence-corrected chi connectivity index (χ1v) is 6.44. The van der Waals surface area contributed by atoms with E-state index in [9.17, 15) is 9.90 Å². The minimum Gasteiger partial charge on any atom is -0.394 e. The van der Waals surface area contributed by atoms with E-state index in [1.54, 1.807) is 11.8 Å². The summed E-state index contributed by atoms with van der Waals surface area (Å²) in [6.07, 6.45) is 0.838. The number of carbonyl (C=O) groups is 1. The predicted molar refractivity (Wildman–Crippen MR) is 69.5 cm³/mol. The number of likely N-dealkylation sites (tertiary alicyclic amines) is 1. The quantitative estimate of drug-likeness (QED) is 0.782. The molecular formula is C14H18N2O2. The Balaban J connectivity index is 1.89. The minimum atomic E-state index is -0.0447. The number of benzene rings is 1. The maximum Gasteiger partial charge on any atom is 0.219 e. The molecule has 18 heavy (non-hydrogen) atoms. The fraction of sp³-hybridized carbons (Fsp3) is 0.500. The molecule has 0 aliphatic carbocycles. The molecule has 0 bridgehead atoms. The zero-order valence-electron chi connectivity index (χ0n) is 10.5. The van der Waals surface area contributed by atoms with Crippen molar-refractivity contribution in [1.82, 2.24) is 4.90 Å². The molecule has 1 aromatic carbocycles. The average molecular weight is 246 g/mol. The normalized spacial score (nSPS) is 29.4. The highest BCUT2D eigenvalue weighted by molar-refractivity contribution is 5.74. The average Bonchev–Trinajstić information content (AvgIpc) is 2.74. The second-order valence-corrected chi connectivity index (χ2v) is 5.19. The Morgan fingerprint density at radius 3 is 3.00 bits per heavy atom. The van der Waals surface area contributed by atoms with Crippen LogP contribution in [-0.4, -0.2) is 41.1 Å². The Labute approximate surface area is 107 Å². The van der Waals surface area contributed by atoms with Gasteiger partial charge in [0.05, 0.1) is 18.7 Å². The van der Waals surface area contributed by atoms with Crippen LogP contribution >= 0.6 is 0 Å². The van der Waals surface area contributed by atoms with Crippen molar-refractivity contribution in [2.24, 2.45) is 0 Å². The molecule has 3 rings (SSSR count). The lowest BCUT2D eigenvalue weighted by Gasteiger charge is -2.40. The van der Waals surface area contributed by atoms with Crippen LogP contribution in [0.15, 0.2) is 24.3 Å². The summed E-state index contributed by atoms with van der Waals surface area (Å²) in [5, 5.41) is 13.0. The van der Waals surface area contributed by atoms with Crippen molar-refractivity contribution in [1.29, 1.82) is 0 Å². The van der Waals surface area contributed by atoms with Crippen molar-refractivity contribution >= 4 is 11.6 Å². The van der Waals surface area contributed by atoms with E-state index < -0.39 is 0 Å². The summed E-state index contributed by atoms with van der Waals surface area (Å²) in [5.74, 6) is 0.458. The molecule has 3 atom stereocenters. The molecule has 4 nitrogen and oxygen atoms in total. The number of carbonyl (C=O) groups excluding carboxylic acids is 1. The Kier molecular flexibility index (Phi) is 2.74. The lowest BCUT2D eigenvalue weighted by Crippen LogP contribution is -2.52. The van der Waals surface area contributed by atoms with Gasteiger partial charge < -0.3 is 15.3 Å². The minimum absolute atomic E-state index is 0.0447. The summed E-state index contributed by atoms with van der Waals surface area (Å²) in [6, 6.07) is 8.54. The second-order valence-electron chi connectivity index (χ2n) is 5.19. The van der Waals surface area contributed by atoms with E-state index in [0.717, 1.165) is 6.42 Å². The third-order valence-corrected chi connectivity index (χ3v) is 4.16. The summed E-state index contributed by atoms with van der Waals surface area (Å²) in [7, 11) is 0. The van der Waals surface area contributed by atoms with Crippen LogP contribution in [0.25, 0.3) is 0 Å². The molecule has 1 aromatic rings. The van der Waals surface area contributed by atoms with Gasteiger partial charge in [-0.05, 0) is 18.1 Å². The molecule has 4 heteroatoms. The number of fused-ring (bicyclic) bond motifs is 3. The van der Waals surface area contributed by atoms with Crippen LogP contribution in [0.4, 0.5) is 5.69 Å². The molecule has 2 N–H and O–H groups in total. The molecular weight excluding hydrogens is 228 g/mol. The monoisotopic (exact) mass is 246 g/mol. The number of para-hydroxylation sites is 1. The SMILES string of the molecule is CC(=O)N1CC2Nc3ccccc3C2CC1CO. The third-order valence-electron chi connectivity index (χ3n) is 4.16. The zero-order chi connectivity index (χ0) is 12.7. The van der Waals surface area contributed by atoms with Gasteiger partial charge >= 0.3 is 0 Å². The van der Waals surface area contributed by atoms with E-state index in [1.807, 2.05) is 12.1 Å². The van der Waals surface area contributed by atoms with E-state index in [-0.39, 0.29) is 24.6 Å². The number of hydrogen-bond acceptors (Lipinski definition) is 3. The highest BCUT2D eigenvalue weighted by Gasteiger charge is 2.41. The molecule has 96 valence electrons. The molecule has 1 saturated heterocycles. The molecule has 2 aliphatic rings. The highest BCUT2D eigenvalue weighted by atomic mass is 16.3. The summed E-state index contributed by atoms with van der Waals surface area (Å²) in [5.41, 5.74) is 2.50. The van der Waals surface area contributed by atoms with Crippen LogP contribution in [0.1, 0.15) is 24.8 Å². The number of aliphatic hydroxyl groups is 1. The maximum absolute atomic E-state index is 11.6. The highest BCUT2D eigenvalue weighted by Crippen LogP contribution is 2.42. The topological polar surface area (TPSA) is 52.6 Å². The van der Waals surface area contributed by atoms with Crippen molar-refractivity contribution in [3.8, 4) is 0 Å². The van der Waals surface area contributed by atoms with Crippen LogP contribution in [0.3, 0.4) is 0 Å². The maximum atomic E-state index is 11.6. The largest absolute Gasteiger partial charge is 0.394 e. The van der Waals surface area contributed by atoms with Gasteiger partial charge in [0.1, 0.15) is 0 Å². The molecule has 0 spiro atoms. The van der Waals surface area contributed by atoms with Gasteiger partial charge in [-0.1, -0.05) is 18.2 Å². The molecule has 0 aromatic heterocycles. The third kappa shape index (κ3) is 1.68. The standard InChI is InChI=1S/C14H18N2O2/c1-9(18)16-7-14-12(6-10(16)8-17)11-4-2-3-5-13(11)15-14/h2-5,10,12,14-15,17H,6-8H2,1H3. The van der Waals surface area contributed by atoms with Crippen LogP contribution in [0, 0.1) is 0 Å². The van der Waals surface area contributed by atoms with Gasteiger partial charge in [0.15, 0.2) is 0 Å². The van der Waals surface area contributed by atoms with Gasteiger partial charge in [0, 0.05) is 25.1 Å². The first kappa shape index (κ1) is 11.5. The number of nitrogens with one attached hydrogen (secondary N) is 1. The first-order valence-electron chi connectivity index (χ1n) is 6.44. The number of nitrogens with zero attached hydrogens (tertiary/aromatic N) is 1. The smallest absolute Gasteiger partial charge is 0.219 e. The van der Waals surface area contributed by atoms with E-state index in [4.69, 9.17) is 0 Å². The van der Waals surface area contributed by atoms with E-state index >= 15 is 0 Å². The number of hydrogen-bond donors (Lipinski definition) is 2. The van der Waals surface area contributed by atoms with Crippen molar-refractivity contribution in [3.63, 3.8) is 0 Å². The van der Waals surface area contributed by atoms with Crippen molar-refractivity contribution in [2.45, 2.75) is 31.3 Å². The number of amides is 1. The van der Waals surface area contributed by atoms with Crippen molar-refractivity contribution < 1.29 is 9.90 Å². The van der Waals surface area contributed by atoms with Gasteiger partial charge in [0.25, 0.3) is 0 Å². The Morgan fingerprint density at radius 2 is 2.28 bits per heavy atom. The van der Waals surface area contributed by atoms with Crippen molar-refractivity contribution in [3.05, 3.63) is 29.8 Å². The molecule has 1 fully saturated rings. The molecule has 0 saturated carbocycles. The summed E-state index contributed by atoms with van der Waals surface area (Å²) in [6.45, 7) is 2.30. The van der Waals surface area contributed by atoms with Crippen LogP contribution < -0.4 is 5.32 Å². The number of anilines is 1. The van der Waals surface area contributed by atoms with Gasteiger partial charge in [-0.15, -0.1) is 0 Å². The molecule has 1 amide bonds. The van der Waals surface area contributed by atoms with Gasteiger partial charge in [-0.3, -0.25) is 4.79 Å². The molecule has 2 heterocycles. The fourth-order valence-electron chi connectivity index (χ4n) is 3.27. The van der Waals surface area contributed by atoms with Crippen molar-refractivity contribution in [2.75, 3.05) is 18.5 Å². The summed E-state index contributed by atoms with van der Waals surface area (Å²) < 4.78 is 0. The molecule has 2 aliphatic heterocycles. The number of aliphatic hydroxyl groups excluding tert-OH is 1.